The number of hydrogen-bond donors (Lipinski definition) is 2. The van der Waals surface area contributed by atoms with Gasteiger partial charge in [-0.3, -0.25) is 4.90 Å². The van der Waals surface area contributed by atoms with Gasteiger partial charge in [0.25, 0.3) is 0 Å². The number of aryl methyl sites for hydroxylation is 1. The van der Waals surface area contributed by atoms with Gasteiger partial charge in [0.15, 0.2) is 0 Å². The minimum Gasteiger partial charge on any atom is -0.491 e. The summed E-state index contributed by atoms with van der Waals surface area (Å²) in [4.78, 5) is 2.35. The highest BCUT2D eigenvalue weighted by atomic mass is 16.5. The molecule has 4 heteroatoms. The summed E-state index contributed by atoms with van der Waals surface area (Å²) >= 11 is 0. The molecule has 2 N–H and O–H groups in total. The summed E-state index contributed by atoms with van der Waals surface area (Å²) in [6, 6.07) is 18.6. The Bertz CT molecular complexity index is 615. The predicted octanol–water partition coefficient (Wildman–Crippen LogP) is 2.38. The monoisotopic (exact) mass is 326 g/mol. The van der Waals surface area contributed by atoms with Crippen LogP contribution in [0, 0.1) is 6.92 Å². The first-order chi connectivity index (χ1) is 11.7. The van der Waals surface area contributed by atoms with E-state index in [9.17, 15) is 5.11 Å². The molecule has 2 aromatic rings. The fourth-order valence-electron chi connectivity index (χ4n) is 3.11. The fourth-order valence-corrected chi connectivity index (χ4v) is 3.11. The Labute approximate surface area is 144 Å². The Kier molecular flexibility index (Phi) is 5.86. The van der Waals surface area contributed by atoms with Crippen molar-refractivity contribution >= 4 is 0 Å². The standard InChI is InChI=1S/C20H26N2O2/c1-16-7-9-17(10-8-16)20-13-21-11-12-22(20)14-18(23)15-24-19-5-3-2-4-6-19/h2-10,18,20-21,23H,11-15H2,1H3. The highest BCUT2D eigenvalue weighted by Crippen LogP contribution is 2.23. The van der Waals surface area contributed by atoms with Crippen molar-refractivity contribution in [2.45, 2.75) is 19.1 Å². The summed E-state index contributed by atoms with van der Waals surface area (Å²) in [5.41, 5.74) is 2.56. The van der Waals surface area contributed by atoms with Crippen LogP contribution in [0.1, 0.15) is 17.2 Å². The van der Waals surface area contributed by atoms with Crippen LogP contribution in [-0.4, -0.2) is 48.9 Å². The maximum absolute atomic E-state index is 10.4. The first-order valence-electron chi connectivity index (χ1n) is 8.59. The Balaban J connectivity index is 1.58. The number of ether oxygens (including phenoxy) is 1. The largest absolute Gasteiger partial charge is 0.491 e. The van der Waals surface area contributed by atoms with E-state index in [2.05, 4.69) is 41.4 Å². The summed E-state index contributed by atoms with van der Waals surface area (Å²) in [5.74, 6) is 0.798. The van der Waals surface area contributed by atoms with Gasteiger partial charge >= 0.3 is 0 Å². The molecule has 2 unspecified atom stereocenters. The smallest absolute Gasteiger partial charge is 0.119 e. The Morgan fingerprint density at radius 2 is 1.92 bits per heavy atom. The Morgan fingerprint density at radius 3 is 2.67 bits per heavy atom. The van der Waals surface area contributed by atoms with Gasteiger partial charge < -0.3 is 15.2 Å². The van der Waals surface area contributed by atoms with E-state index < -0.39 is 6.10 Å². The number of nitrogens with zero attached hydrogens (tertiary/aromatic N) is 1. The molecule has 0 aliphatic carbocycles. The lowest BCUT2D eigenvalue weighted by molar-refractivity contribution is 0.0436. The molecule has 128 valence electrons. The molecule has 0 saturated carbocycles. The highest BCUT2D eigenvalue weighted by Gasteiger charge is 2.25. The number of benzene rings is 2. The molecule has 0 amide bonds. The number of piperazine rings is 1. The lowest BCUT2D eigenvalue weighted by atomic mass is 10.0. The third-order valence-corrected chi connectivity index (χ3v) is 4.45. The van der Waals surface area contributed by atoms with Crippen molar-refractivity contribution in [3.05, 3.63) is 65.7 Å². The van der Waals surface area contributed by atoms with Crippen LogP contribution in [0.2, 0.25) is 0 Å². The van der Waals surface area contributed by atoms with E-state index in [4.69, 9.17) is 4.74 Å². The molecule has 0 radical (unpaired) electrons. The summed E-state index contributed by atoms with van der Waals surface area (Å²) in [5, 5.41) is 13.8. The van der Waals surface area contributed by atoms with Gasteiger partial charge in [-0.15, -0.1) is 0 Å². The molecule has 1 heterocycles. The summed E-state index contributed by atoms with van der Waals surface area (Å²) < 4.78 is 5.67. The van der Waals surface area contributed by atoms with Crippen LogP contribution in [-0.2, 0) is 0 Å². The van der Waals surface area contributed by atoms with Gasteiger partial charge in [-0.2, -0.15) is 0 Å². The van der Waals surface area contributed by atoms with E-state index in [0.717, 1.165) is 25.4 Å². The topological polar surface area (TPSA) is 44.7 Å². The van der Waals surface area contributed by atoms with E-state index in [-0.39, 0.29) is 0 Å². The lowest BCUT2D eigenvalue weighted by Crippen LogP contribution is -2.49. The molecule has 3 rings (SSSR count). The third-order valence-electron chi connectivity index (χ3n) is 4.45. The first kappa shape index (κ1) is 17.0. The van der Waals surface area contributed by atoms with Gasteiger partial charge in [0.1, 0.15) is 18.5 Å². The molecule has 1 aliphatic rings. The number of β-amino-alcohol motifs (C(OH)–C–C–N with tert-alkyl or cyclic N) is 1. The Morgan fingerprint density at radius 1 is 1.17 bits per heavy atom. The van der Waals surface area contributed by atoms with Crippen LogP contribution in [0.25, 0.3) is 0 Å². The van der Waals surface area contributed by atoms with Gasteiger partial charge in [-0.25, -0.2) is 0 Å². The lowest BCUT2D eigenvalue weighted by Gasteiger charge is -2.37. The van der Waals surface area contributed by atoms with Crippen LogP contribution in [0.5, 0.6) is 5.75 Å². The zero-order chi connectivity index (χ0) is 16.8. The third kappa shape index (κ3) is 4.57. The fraction of sp³-hybridized carbons (Fsp3) is 0.400. The maximum atomic E-state index is 10.4. The van der Waals surface area contributed by atoms with Crippen LogP contribution in [0.4, 0.5) is 0 Å². The molecule has 0 bridgehead atoms. The zero-order valence-corrected chi connectivity index (χ0v) is 14.2. The second kappa shape index (κ2) is 8.29. The molecule has 2 aromatic carbocycles. The van der Waals surface area contributed by atoms with Crippen molar-refractivity contribution in [2.75, 3.05) is 32.8 Å². The number of rotatable bonds is 6. The van der Waals surface area contributed by atoms with Crippen LogP contribution < -0.4 is 10.1 Å². The molecule has 4 nitrogen and oxygen atoms in total. The number of para-hydroxylation sites is 1. The average molecular weight is 326 g/mol. The molecular formula is C20H26N2O2. The minimum absolute atomic E-state index is 0.297. The van der Waals surface area contributed by atoms with Crippen LogP contribution in [0.15, 0.2) is 54.6 Å². The van der Waals surface area contributed by atoms with E-state index >= 15 is 0 Å². The molecule has 0 spiro atoms. The zero-order valence-electron chi connectivity index (χ0n) is 14.2. The normalized spacial score (nSPS) is 19.8. The quantitative estimate of drug-likeness (QED) is 0.855. The first-order valence-corrected chi connectivity index (χ1v) is 8.59. The van der Waals surface area contributed by atoms with Crippen molar-refractivity contribution < 1.29 is 9.84 Å². The molecule has 2 atom stereocenters. The molecule has 1 saturated heterocycles. The number of aliphatic hydroxyl groups excluding tert-OH is 1. The summed E-state index contributed by atoms with van der Waals surface area (Å²) in [7, 11) is 0. The maximum Gasteiger partial charge on any atom is 0.119 e. The number of nitrogens with one attached hydrogen (secondary N) is 1. The van der Waals surface area contributed by atoms with Crippen molar-refractivity contribution in [3.8, 4) is 5.75 Å². The molecular weight excluding hydrogens is 300 g/mol. The second-order valence-electron chi connectivity index (χ2n) is 6.40. The van der Waals surface area contributed by atoms with Crippen LogP contribution >= 0.6 is 0 Å². The summed E-state index contributed by atoms with van der Waals surface area (Å²) in [6.07, 6.45) is -0.503. The van der Waals surface area contributed by atoms with Gasteiger partial charge in [0.2, 0.25) is 0 Å². The molecule has 1 aliphatic heterocycles. The number of hydrogen-bond acceptors (Lipinski definition) is 4. The number of aliphatic hydroxyl groups is 1. The van der Waals surface area contributed by atoms with Gasteiger partial charge in [-0.05, 0) is 24.6 Å². The van der Waals surface area contributed by atoms with Crippen LogP contribution in [0.3, 0.4) is 0 Å². The average Bonchev–Trinajstić information content (AvgIpc) is 2.62. The highest BCUT2D eigenvalue weighted by molar-refractivity contribution is 5.25. The van der Waals surface area contributed by atoms with Crippen molar-refractivity contribution in [2.24, 2.45) is 0 Å². The summed E-state index contributed by atoms with van der Waals surface area (Å²) in [6.45, 7) is 5.83. The SMILES string of the molecule is Cc1ccc(C2CNCCN2CC(O)COc2ccccc2)cc1. The van der Waals surface area contributed by atoms with E-state index in [0.29, 0.717) is 19.2 Å². The van der Waals surface area contributed by atoms with Crippen molar-refractivity contribution in [1.82, 2.24) is 10.2 Å². The van der Waals surface area contributed by atoms with Crippen molar-refractivity contribution in [1.29, 1.82) is 0 Å². The van der Waals surface area contributed by atoms with Gasteiger partial charge in [0, 0.05) is 32.2 Å². The van der Waals surface area contributed by atoms with Gasteiger partial charge in [-0.1, -0.05) is 48.0 Å². The second-order valence-corrected chi connectivity index (χ2v) is 6.40. The van der Waals surface area contributed by atoms with E-state index in [1.165, 1.54) is 11.1 Å². The van der Waals surface area contributed by atoms with E-state index in [1.54, 1.807) is 0 Å². The van der Waals surface area contributed by atoms with Gasteiger partial charge in [0.05, 0.1) is 0 Å². The Hall–Kier alpha value is -1.88. The molecule has 24 heavy (non-hydrogen) atoms. The van der Waals surface area contributed by atoms with E-state index in [1.807, 2.05) is 30.3 Å². The van der Waals surface area contributed by atoms with Crippen molar-refractivity contribution in [3.63, 3.8) is 0 Å². The minimum atomic E-state index is -0.503. The molecule has 0 aromatic heterocycles. The predicted molar refractivity (Wildman–Crippen MR) is 96.3 cm³/mol. The molecule has 1 fully saturated rings.